The molecular formula is C52H63FN4O9S2. The monoisotopic (exact) mass is 970 g/mol. The Balaban J connectivity index is 0.000000238. The summed E-state index contributed by atoms with van der Waals surface area (Å²) in [6.07, 6.45) is 0.406. The van der Waals surface area contributed by atoms with Gasteiger partial charge in [-0.05, 0) is 144 Å². The molecule has 5 aromatic carbocycles. The molecule has 13 nitrogen and oxygen atoms in total. The van der Waals surface area contributed by atoms with Crippen molar-refractivity contribution in [1.29, 1.82) is 0 Å². The van der Waals surface area contributed by atoms with E-state index in [1.165, 1.54) is 23.8 Å². The second-order valence-electron chi connectivity index (χ2n) is 18.3. The van der Waals surface area contributed by atoms with Crippen molar-refractivity contribution < 1.29 is 45.4 Å². The Labute approximate surface area is 400 Å². The molecule has 0 aliphatic carbocycles. The SMILES string of the molecule is CCc1ccc(S(=O)(=O)N[C@@H]2c3cc(C(=O)F)ccc3OC(C)(C)[C@H]2C)cc1.CCc1ccc(S(=O)(=O)N[C@@H]2c3cc(C(=O)NCCN(CC)c4cccc(C)c4)ccc3OC(C)(C)[C@H]2O)cc1. The first kappa shape index (κ1) is 51.7. The summed E-state index contributed by atoms with van der Waals surface area (Å²) in [6, 6.07) is 27.4. The second kappa shape index (κ2) is 20.9. The molecule has 0 aromatic heterocycles. The Morgan fingerprint density at radius 1 is 0.691 bits per heavy atom. The van der Waals surface area contributed by atoms with E-state index in [2.05, 4.69) is 32.7 Å². The van der Waals surface area contributed by atoms with Crippen LogP contribution < -0.4 is 29.1 Å². The van der Waals surface area contributed by atoms with Crippen molar-refractivity contribution in [3.8, 4) is 11.5 Å². The maximum absolute atomic E-state index is 13.3. The van der Waals surface area contributed by atoms with E-state index < -0.39 is 55.5 Å². The van der Waals surface area contributed by atoms with Gasteiger partial charge in [0.05, 0.1) is 27.4 Å². The van der Waals surface area contributed by atoms with Gasteiger partial charge in [0.15, 0.2) is 0 Å². The number of aliphatic hydroxyl groups excluding tert-OH is 1. The number of aliphatic hydroxyl groups is 1. The molecule has 2 aliphatic rings. The Kier molecular flexibility index (Phi) is 15.9. The molecule has 1 amide bonds. The van der Waals surface area contributed by atoms with Crippen molar-refractivity contribution in [2.45, 2.75) is 114 Å². The molecule has 4 atom stereocenters. The Morgan fingerprint density at radius 3 is 1.71 bits per heavy atom. The Bertz CT molecular complexity index is 2840. The summed E-state index contributed by atoms with van der Waals surface area (Å²) in [4.78, 5) is 26.7. The van der Waals surface area contributed by atoms with Gasteiger partial charge in [-0.1, -0.05) is 57.2 Å². The van der Waals surface area contributed by atoms with Gasteiger partial charge in [-0.15, -0.1) is 0 Å². The van der Waals surface area contributed by atoms with E-state index >= 15 is 0 Å². The highest BCUT2D eigenvalue weighted by Crippen LogP contribution is 2.45. The van der Waals surface area contributed by atoms with E-state index in [1.54, 1.807) is 80.6 Å². The number of sulfonamides is 2. The number of fused-ring (bicyclic) bond motifs is 2. The van der Waals surface area contributed by atoms with Crippen LogP contribution in [-0.4, -0.2) is 70.8 Å². The van der Waals surface area contributed by atoms with Gasteiger partial charge in [0, 0.05) is 47.9 Å². The largest absolute Gasteiger partial charge is 0.487 e. The molecule has 2 heterocycles. The molecule has 0 radical (unpaired) electrons. The van der Waals surface area contributed by atoms with Gasteiger partial charge in [0.1, 0.15) is 28.8 Å². The third kappa shape index (κ3) is 11.8. The summed E-state index contributed by atoms with van der Waals surface area (Å²) in [5.74, 6) is 0.286. The Hall–Kier alpha value is -5.65. The van der Waals surface area contributed by atoms with Crippen LogP contribution in [0.25, 0.3) is 0 Å². The maximum atomic E-state index is 13.3. The number of nitrogens with zero attached hydrogens (tertiary/aromatic N) is 1. The predicted molar refractivity (Wildman–Crippen MR) is 262 cm³/mol. The van der Waals surface area contributed by atoms with Crippen LogP contribution in [0.15, 0.2) is 119 Å². The third-order valence-electron chi connectivity index (χ3n) is 12.8. The number of likely N-dealkylation sites (N-methyl/N-ethyl adjacent to an activating group) is 1. The van der Waals surface area contributed by atoms with Gasteiger partial charge >= 0.3 is 6.04 Å². The minimum absolute atomic E-state index is 0.103. The van der Waals surface area contributed by atoms with E-state index in [-0.39, 0.29) is 27.2 Å². The van der Waals surface area contributed by atoms with Crippen LogP contribution in [0.5, 0.6) is 11.5 Å². The average molecular weight is 971 g/mol. The molecule has 7 rings (SSSR count). The molecular weight excluding hydrogens is 908 g/mol. The number of benzene rings is 5. The van der Waals surface area contributed by atoms with Crippen LogP contribution in [0, 0.1) is 12.8 Å². The number of nitrogens with one attached hydrogen (secondary N) is 3. The van der Waals surface area contributed by atoms with Crippen molar-refractivity contribution >= 4 is 37.7 Å². The molecule has 5 aromatic rings. The lowest BCUT2D eigenvalue weighted by atomic mass is 9.80. The van der Waals surface area contributed by atoms with E-state index in [0.29, 0.717) is 41.3 Å². The predicted octanol–water partition coefficient (Wildman–Crippen LogP) is 8.55. The number of hydrogen-bond acceptors (Lipinski definition) is 10. The topological polar surface area (TPSA) is 180 Å². The van der Waals surface area contributed by atoms with Gasteiger partial charge in [0.25, 0.3) is 5.91 Å². The van der Waals surface area contributed by atoms with Gasteiger partial charge in [-0.2, -0.15) is 4.39 Å². The lowest BCUT2D eigenvalue weighted by molar-refractivity contribution is -0.0603. The van der Waals surface area contributed by atoms with E-state index in [9.17, 15) is 35.9 Å². The van der Waals surface area contributed by atoms with Crippen LogP contribution >= 0.6 is 0 Å². The van der Waals surface area contributed by atoms with Crippen LogP contribution in [0.4, 0.5) is 10.1 Å². The molecule has 0 saturated heterocycles. The molecule has 68 heavy (non-hydrogen) atoms. The molecule has 364 valence electrons. The molecule has 16 heteroatoms. The zero-order valence-corrected chi connectivity index (χ0v) is 41.7. The number of anilines is 1. The summed E-state index contributed by atoms with van der Waals surface area (Å²) in [7, 11) is -7.80. The number of carbonyl (C=O) groups is 2. The number of ether oxygens (including phenoxy) is 2. The fraction of sp³-hybridized carbons (Fsp3) is 0.385. The lowest BCUT2D eigenvalue weighted by Crippen LogP contribution is -2.53. The number of amides is 1. The average Bonchev–Trinajstić information content (AvgIpc) is 3.30. The Morgan fingerprint density at radius 2 is 1.19 bits per heavy atom. The maximum Gasteiger partial charge on any atom is 0.332 e. The van der Waals surface area contributed by atoms with Crippen molar-refractivity contribution in [2.75, 3.05) is 24.5 Å². The van der Waals surface area contributed by atoms with Gasteiger partial charge in [-0.3, -0.25) is 9.59 Å². The van der Waals surface area contributed by atoms with Crippen LogP contribution in [-0.2, 0) is 32.9 Å². The fourth-order valence-electron chi connectivity index (χ4n) is 8.27. The smallest absolute Gasteiger partial charge is 0.332 e. The summed E-state index contributed by atoms with van der Waals surface area (Å²) in [5, 5.41) is 14.1. The molecule has 0 bridgehead atoms. The molecule has 0 saturated carbocycles. The van der Waals surface area contributed by atoms with E-state index in [4.69, 9.17) is 9.47 Å². The van der Waals surface area contributed by atoms with E-state index in [0.717, 1.165) is 36.2 Å². The second-order valence-corrected chi connectivity index (χ2v) is 21.7. The van der Waals surface area contributed by atoms with Crippen LogP contribution in [0.1, 0.15) is 116 Å². The first-order chi connectivity index (χ1) is 32.0. The first-order valence-electron chi connectivity index (χ1n) is 22.9. The number of carbonyl (C=O) groups excluding carboxylic acids is 2. The molecule has 0 unspecified atom stereocenters. The number of halogens is 1. The summed E-state index contributed by atoms with van der Waals surface area (Å²) < 4.78 is 83.2. The minimum atomic E-state index is -3.97. The molecule has 2 aliphatic heterocycles. The van der Waals surface area contributed by atoms with Crippen molar-refractivity contribution in [2.24, 2.45) is 5.92 Å². The van der Waals surface area contributed by atoms with Crippen molar-refractivity contribution in [3.63, 3.8) is 0 Å². The number of aryl methyl sites for hydroxylation is 3. The zero-order valence-electron chi connectivity index (χ0n) is 40.1. The number of rotatable bonds is 15. The third-order valence-corrected chi connectivity index (χ3v) is 15.7. The molecule has 0 fully saturated rings. The molecule has 4 N–H and O–H groups in total. The summed E-state index contributed by atoms with van der Waals surface area (Å²) in [5.41, 5.74) is 3.68. The lowest BCUT2D eigenvalue weighted by Gasteiger charge is -2.43. The highest BCUT2D eigenvalue weighted by Gasteiger charge is 2.45. The van der Waals surface area contributed by atoms with Crippen molar-refractivity contribution in [1.82, 2.24) is 14.8 Å². The van der Waals surface area contributed by atoms with E-state index in [1.807, 2.05) is 59.7 Å². The minimum Gasteiger partial charge on any atom is -0.487 e. The van der Waals surface area contributed by atoms with Gasteiger partial charge in [-0.25, -0.2) is 26.3 Å². The highest BCUT2D eigenvalue weighted by molar-refractivity contribution is 7.89. The standard InChI is InChI=1S/C31H39N3O5S.C21H24FNO4S/c1-6-22-11-14-25(15-12-22)40(37,38)33-28-26-20-23(13-16-27(26)39-31(4,5)29(28)35)30(36)32-17-18-34(7-2)24-10-8-9-21(3)19-24;1-5-14-6-9-16(10-7-14)28(25,26)23-19-13(2)21(3,4)27-18-11-8-15(20(22)24)12-17(18)19/h8-16,19-20,28-29,33,35H,6-7,17-18H2,1-5H3,(H,32,36);6-13,19,23H,5H2,1-4H3/t28-,29+;13-,19-/m10/s1. The normalized spacial score (nSPS) is 19.2. The molecule has 0 spiro atoms. The quantitative estimate of drug-likeness (QED) is 0.0743. The summed E-state index contributed by atoms with van der Waals surface area (Å²) in [6.45, 7) is 19.0. The highest BCUT2D eigenvalue weighted by atomic mass is 32.2. The van der Waals surface area contributed by atoms with Gasteiger partial charge < -0.3 is 24.8 Å². The van der Waals surface area contributed by atoms with Crippen LogP contribution in [0.2, 0.25) is 0 Å². The van der Waals surface area contributed by atoms with Gasteiger partial charge in [0.2, 0.25) is 20.0 Å². The number of hydrogen-bond donors (Lipinski definition) is 4. The van der Waals surface area contributed by atoms with Crippen molar-refractivity contribution in [3.05, 3.63) is 148 Å². The fourth-order valence-corrected chi connectivity index (χ4v) is 10.8. The summed E-state index contributed by atoms with van der Waals surface area (Å²) >= 11 is 0. The zero-order chi connectivity index (χ0) is 49.8. The van der Waals surface area contributed by atoms with Crippen LogP contribution in [0.3, 0.4) is 0 Å². The first-order valence-corrected chi connectivity index (χ1v) is 25.8.